The molecule has 2 aliphatic rings. The average molecular weight is 112 g/mol. The Morgan fingerprint density at radius 2 is 1.75 bits per heavy atom. The van der Waals surface area contributed by atoms with Crippen LogP contribution in [0.25, 0.3) is 0 Å². The lowest BCUT2D eigenvalue weighted by molar-refractivity contribution is 0.220. The highest BCUT2D eigenvalue weighted by molar-refractivity contribution is 4.95. The van der Waals surface area contributed by atoms with Gasteiger partial charge in [-0.15, -0.1) is 0 Å². The van der Waals surface area contributed by atoms with E-state index in [1.165, 1.54) is 19.3 Å². The average Bonchev–Trinajstić information content (AvgIpc) is 2.40. The zero-order valence-corrected chi connectivity index (χ0v) is 5.01. The van der Waals surface area contributed by atoms with Crippen LogP contribution >= 0.6 is 0 Å². The van der Waals surface area contributed by atoms with Gasteiger partial charge in [-0.25, -0.2) is 0 Å². The fourth-order valence-corrected chi connectivity index (χ4v) is 1.99. The fourth-order valence-electron chi connectivity index (χ4n) is 1.99. The molecule has 2 saturated carbocycles. The summed E-state index contributed by atoms with van der Waals surface area (Å²) in [7, 11) is 0. The maximum absolute atomic E-state index is 8.70. The summed E-state index contributed by atoms with van der Waals surface area (Å²) >= 11 is 0. The SMILES string of the molecule is OCC1C[C@@H]2C[C@@H]2C1. The van der Waals surface area contributed by atoms with Gasteiger partial charge in [0.25, 0.3) is 0 Å². The monoisotopic (exact) mass is 112 g/mol. The highest BCUT2D eigenvalue weighted by Gasteiger charge is 2.45. The van der Waals surface area contributed by atoms with Crippen LogP contribution in [0.1, 0.15) is 19.3 Å². The molecule has 1 heteroatoms. The minimum absolute atomic E-state index is 0.438. The number of rotatable bonds is 1. The van der Waals surface area contributed by atoms with Gasteiger partial charge in [0, 0.05) is 6.61 Å². The molecule has 0 heterocycles. The number of hydrogen-bond donors (Lipinski definition) is 1. The minimum atomic E-state index is 0.438. The molecule has 0 aromatic heterocycles. The quantitative estimate of drug-likeness (QED) is 0.537. The zero-order chi connectivity index (χ0) is 5.56. The van der Waals surface area contributed by atoms with Crippen molar-refractivity contribution >= 4 is 0 Å². The van der Waals surface area contributed by atoms with E-state index in [0.717, 1.165) is 11.8 Å². The Kier molecular flexibility index (Phi) is 0.884. The number of hydrogen-bond acceptors (Lipinski definition) is 1. The van der Waals surface area contributed by atoms with Gasteiger partial charge >= 0.3 is 0 Å². The molecule has 0 aromatic rings. The summed E-state index contributed by atoms with van der Waals surface area (Å²) in [5, 5.41) is 8.70. The topological polar surface area (TPSA) is 20.2 Å². The van der Waals surface area contributed by atoms with E-state index in [0.29, 0.717) is 12.5 Å². The maximum atomic E-state index is 8.70. The number of fused-ring (bicyclic) bond motifs is 1. The van der Waals surface area contributed by atoms with Crippen LogP contribution in [0.5, 0.6) is 0 Å². The molecule has 0 spiro atoms. The first-order valence-electron chi connectivity index (χ1n) is 3.51. The van der Waals surface area contributed by atoms with E-state index in [4.69, 9.17) is 5.11 Å². The van der Waals surface area contributed by atoms with Crippen LogP contribution in [0.2, 0.25) is 0 Å². The van der Waals surface area contributed by atoms with Crippen molar-refractivity contribution in [1.29, 1.82) is 0 Å². The van der Waals surface area contributed by atoms with Gasteiger partial charge in [-0.1, -0.05) is 0 Å². The molecule has 1 unspecified atom stereocenters. The Morgan fingerprint density at radius 3 is 2.12 bits per heavy atom. The van der Waals surface area contributed by atoms with E-state index >= 15 is 0 Å². The smallest absolute Gasteiger partial charge is 0.0459 e. The van der Waals surface area contributed by atoms with Crippen LogP contribution in [-0.2, 0) is 0 Å². The molecule has 0 saturated heterocycles. The maximum Gasteiger partial charge on any atom is 0.0459 e. The van der Waals surface area contributed by atoms with Crippen LogP contribution in [0.15, 0.2) is 0 Å². The molecule has 2 fully saturated rings. The molecule has 1 N–H and O–H groups in total. The van der Waals surface area contributed by atoms with Gasteiger partial charge in [-0.05, 0) is 37.0 Å². The predicted octanol–water partition coefficient (Wildman–Crippen LogP) is 1.02. The lowest BCUT2D eigenvalue weighted by atomic mass is 10.1. The van der Waals surface area contributed by atoms with Crippen LogP contribution in [-0.4, -0.2) is 11.7 Å². The Balaban J connectivity index is 1.89. The van der Waals surface area contributed by atoms with Crippen molar-refractivity contribution in [2.75, 3.05) is 6.61 Å². The largest absolute Gasteiger partial charge is 0.396 e. The second kappa shape index (κ2) is 1.47. The van der Waals surface area contributed by atoms with E-state index in [-0.39, 0.29) is 0 Å². The van der Waals surface area contributed by atoms with Crippen molar-refractivity contribution in [3.05, 3.63) is 0 Å². The molecule has 3 atom stereocenters. The lowest BCUT2D eigenvalue weighted by Gasteiger charge is -2.04. The lowest BCUT2D eigenvalue weighted by Crippen LogP contribution is -2.01. The number of aliphatic hydroxyl groups excluding tert-OH is 1. The van der Waals surface area contributed by atoms with Crippen LogP contribution in [0.3, 0.4) is 0 Å². The standard InChI is InChI=1S/C7H12O/c8-4-5-1-6-3-7(6)2-5/h5-8H,1-4H2/t5?,6-,7+. The molecular weight excluding hydrogens is 100 g/mol. The molecule has 0 aromatic carbocycles. The third-order valence-corrected chi connectivity index (χ3v) is 2.60. The molecule has 46 valence electrons. The highest BCUT2D eigenvalue weighted by atomic mass is 16.3. The molecule has 0 radical (unpaired) electrons. The van der Waals surface area contributed by atoms with E-state index in [1.807, 2.05) is 0 Å². The molecule has 1 nitrogen and oxygen atoms in total. The van der Waals surface area contributed by atoms with Crippen molar-refractivity contribution in [3.8, 4) is 0 Å². The van der Waals surface area contributed by atoms with E-state index < -0.39 is 0 Å². The summed E-state index contributed by atoms with van der Waals surface area (Å²) < 4.78 is 0. The second-order valence-corrected chi connectivity index (χ2v) is 3.28. The minimum Gasteiger partial charge on any atom is -0.396 e. The van der Waals surface area contributed by atoms with Gasteiger partial charge < -0.3 is 5.11 Å². The van der Waals surface area contributed by atoms with Crippen molar-refractivity contribution < 1.29 is 5.11 Å². The first-order valence-corrected chi connectivity index (χ1v) is 3.51. The summed E-state index contributed by atoms with van der Waals surface area (Å²) in [6.07, 6.45) is 4.11. The van der Waals surface area contributed by atoms with Gasteiger partial charge in [0.05, 0.1) is 0 Å². The van der Waals surface area contributed by atoms with E-state index in [1.54, 1.807) is 0 Å². The summed E-state index contributed by atoms with van der Waals surface area (Å²) in [5.41, 5.74) is 0. The fraction of sp³-hybridized carbons (Fsp3) is 1.00. The van der Waals surface area contributed by atoms with Crippen LogP contribution in [0, 0.1) is 17.8 Å². The third kappa shape index (κ3) is 0.576. The van der Waals surface area contributed by atoms with Gasteiger partial charge in [0.1, 0.15) is 0 Å². The summed E-state index contributed by atoms with van der Waals surface area (Å²) in [4.78, 5) is 0. The Bertz CT molecular complexity index is 90.6. The van der Waals surface area contributed by atoms with Gasteiger partial charge in [0.15, 0.2) is 0 Å². The first kappa shape index (κ1) is 4.80. The molecule has 2 aliphatic carbocycles. The van der Waals surface area contributed by atoms with Crippen LogP contribution < -0.4 is 0 Å². The third-order valence-electron chi connectivity index (χ3n) is 2.60. The second-order valence-electron chi connectivity index (χ2n) is 3.28. The summed E-state index contributed by atoms with van der Waals surface area (Å²) in [6, 6.07) is 0. The number of aliphatic hydroxyl groups is 1. The van der Waals surface area contributed by atoms with Gasteiger partial charge in [-0.3, -0.25) is 0 Å². The van der Waals surface area contributed by atoms with Gasteiger partial charge in [-0.2, -0.15) is 0 Å². The van der Waals surface area contributed by atoms with E-state index in [2.05, 4.69) is 0 Å². The molecule has 8 heavy (non-hydrogen) atoms. The zero-order valence-electron chi connectivity index (χ0n) is 5.01. The Morgan fingerprint density at radius 1 is 1.12 bits per heavy atom. The Labute approximate surface area is 49.7 Å². The van der Waals surface area contributed by atoms with Crippen molar-refractivity contribution in [1.82, 2.24) is 0 Å². The van der Waals surface area contributed by atoms with Crippen molar-refractivity contribution in [2.24, 2.45) is 17.8 Å². The first-order chi connectivity index (χ1) is 3.90. The molecule has 0 aliphatic heterocycles. The summed E-state index contributed by atoms with van der Waals surface area (Å²) in [5.74, 6) is 2.75. The molecule has 0 bridgehead atoms. The highest BCUT2D eigenvalue weighted by Crippen LogP contribution is 2.53. The predicted molar refractivity (Wildman–Crippen MR) is 31.4 cm³/mol. The van der Waals surface area contributed by atoms with Crippen molar-refractivity contribution in [2.45, 2.75) is 19.3 Å². The Hall–Kier alpha value is -0.0400. The van der Waals surface area contributed by atoms with E-state index in [9.17, 15) is 0 Å². The van der Waals surface area contributed by atoms with Crippen LogP contribution in [0.4, 0.5) is 0 Å². The molecular formula is C7H12O. The normalized spacial score (nSPS) is 51.4. The van der Waals surface area contributed by atoms with Gasteiger partial charge in [0.2, 0.25) is 0 Å². The summed E-state index contributed by atoms with van der Waals surface area (Å²) in [6.45, 7) is 0.438. The molecule has 0 amide bonds. The molecule has 2 rings (SSSR count). The van der Waals surface area contributed by atoms with Crippen molar-refractivity contribution in [3.63, 3.8) is 0 Å².